The molecular weight excluding hydrogens is 207 g/mol. The van der Waals surface area contributed by atoms with Crippen molar-refractivity contribution in [2.75, 3.05) is 18.8 Å². The third-order valence-electron chi connectivity index (χ3n) is 1.61. The van der Waals surface area contributed by atoms with Crippen LogP contribution in [0.2, 0.25) is 0 Å². The van der Waals surface area contributed by atoms with E-state index in [9.17, 15) is 12.3 Å². The Balaban J connectivity index is 0.00000121. The van der Waals surface area contributed by atoms with Crippen molar-refractivity contribution in [1.82, 2.24) is 5.32 Å². The van der Waals surface area contributed by atoms with Crippen LogP contribution in [0, 0.1) is 16.7 Å². The second-order valence-electron chi connectivity index (χ2n) is 2.68. The van der Waals surface area contributed by atoms with Gasteiger partial charge in [-0.1, -0.05) is 0 Å². The molecule has 0 aromatic rings. The van der Waals surface area contributed by atoms with Gasteiger partial charge in [-0.2, -0.15) is 13.7 Å². The average molecular weight is 215 g/mol. The Bertz CT molecular complexity index is 293. The van der Waals surface area contributed by atoms with Crippen molar-refractivity contribution in [3.8, 4) is 6.07 Å². The molecule has 1 saturated heterocycles. The van der Waals surface area contributed by atoms with Crippen LogP contribution in [0.5, 0.6) is 0 Å². The lowest BCUT2D eigenvalue weighted by Crippen LogP contribution is -2.55. The molecule has 1 rings (SSSR count). The van der Waals surface area contributed by atoms with Crippen LogP contribution in [0.4, 0.5) is 3.89 Å². The molecule has 70 valence electrons. The van der Waals surface area contributed by atoms with E-state index < -0.39 is 21.4 Å². The summed E-state index contributed by atoms with van der Waals surface area (Å²) in [4.78, 5) is 0. The van der Waals surface area contributed by atoms with Crippen molar-refractivity contribution in [3.63, 3.8) is 0 Å². The standard InChI is InChI=1S/C5H7FN2O2S.ClH/c6-11(9,10)4-5(1-7)2-8-3-5;/h8H,2-4H2;1H. The molecule has 0 amide bonds. The lowest BCUT2D eigenvalue weighted by molar-refractivity contribution is 0.279. The molecule has 0 unspecified atom stereocenters. The normalized spacial score (nSPS) is 20.0. The second-order valence-corrected chi connectivity index (χ2v) is 4.05. The zero-order valence-corrected chi connectivity index (χ0v) is 7.71. The van der Waals surface area contributed by atoms with E-state index in [1.807, 2.05) is 0 Å². The van der Waals surface area contributed by atoms with Gasteiger partial charge in [0.1, 0.15) is 5.75 Å². The van der Waals surface area contributed by atoms with Crippen molar-refractivity contribution < 1.29 is 12.3 Å². The van der Waals surface area contributed by atoms with E-state index in [-0.39, 0.29) is 25.5 Å². The fourth-order valence-electron chi connectivity index (χ4n) is 0.970. The number of nitrogens with zero attached hydrogens (tertiary/aromatic N) is 1. The summed E-state index contributed by atoms with van der Waals surface area (Å²) < 4.78 is 32.4. The van der Waals surface area contributed by atoms with E-state index in [1.54, 1.807) is 6.07 Å². The molecule has 12 heavy (non-hydrogen) atoms. The summed E-state index contributed by atoms with van der Waals surface area (Å²) >= 11 is 0. The quantitative estimate of drug-likeness (QED) is 0.648. The first-order chi connectivity index (χ1) is 4.97. The highest BCUT2D eigenvalue weighted by Gasteiger charge is 2.41. The van der Waals surface area contributed by atoms with Gasteiger partial charge in [0.05, 0.1) is 11.5 Å². The Morgan fingerprint density at radius 1 is 1.58 bits per heavy atom. The van der Waals surface area contributed by atoms with Gasteiger partial charge < -0.3 is 5.32 Å². The molecule has 1 N–H and O–H groups in total. The van der Waals surface area contributed by atoms with Crippen LogP contribution in [0.25, 0.3) is 0 Å². The fraction of sp³-hybridized carbons (Fsp3) is 0.800. The van der Waals surface area contributed by atoms with Crippen molar-refractivity contribution in [3.05, 3.63) is 0 Å². The molecule has 0 saturated carbocycles. The van der Waals surface area contributed by atoms with E-state index in [1.165, 1.54) is 0 Å². The highest BCUT2D eigenvalue weighted by molar-refractivity contribution is 7.86. The highest BCUT2D eigenvalue weighted by atomic mass is 35.5. The van der Waals surface area contributed by atoms with Gasteiger partial charge >= 0.3 is 10.2 Å². The molecule has 1 aliphatic rings. The van der Waals surface area contributed by atoms with Crippen LogP contribution < -0.4 is 5.32 Å². The summed E-state index contributed by atoms with van der Waals surface area (Å²) in [6.45, 7) is 0.513. The van der Waals surface area contributed by atoms with Gasteiger partial charge in [-0.3, -0.25) is 0 Å². The smallest absolute Gasteiger partial charge is 0.304 e. The molecule has 0 aliphatic carbocycles. The Labute approximate surface area is 76.4 Å². The minimum absolute atomic E-state index is 0. The van der Waals surface area contributed by atoms with Crippen LogP contribution in [0.1, 0.15) is 0 Å². The molecule has 1 aliphatic heterocycles. The maximum atomic E-state index is 12.1. The molecule has 0 aromatic heterocycles. The molecule has 0 radical (unpaired) electrons. The maximum absolute atomic E-state index is 12.1. The number of rotatable bonds is 2. The number of nitriles is 1. The van der Waals surface area contributed by atoms with E-state index >= 15 is 0 Å². The summed E-state index contributed by atoms with van der Waals surface area (Å²) in [5.41, 5.74) is -1.02. The van der Waals surface area contributed by atoms with Crippen LogP contribution in [0.3, 0.4) is 0 Å². The lowest BCUT2D eigenvalue weighted by Gasteiger charge is -2.34. The molecule has 7 heteroatoms. The minimum Gasteiger partial charge on any atom is -0.313 e. The fourth-order valence-corrected chi connectivity index (χ4v) is 1.90. The van der Waals surface area contributed by atoms with Gasteiger partial charge in [-0.15, -0.1) is 16.3 Å². The Kier molecular flexibility index (Phi) is 3.45. The average Bonchev–Trinajstić information content (AvgIpc) is 1.77. The lowest BCUT2D eigenvalue weighted by atomic mass is 9.86. The summed E-state index contributed by atoms with van der Waals surface area (Å²) in [6, 6.07) is 1.79. The Morgan fingerprint density at radius 2 is 2.08 bits per heavy atom. The number of hydrogen-bond donors (Lipinski definition) is 1. The van der Waals surface area contributed by atoms with Gasteiger partial charge in [-0.25, -0.2) is 0 Å². The van der Waals surface area contributed by atoms with Crippen LogP contribution in [-0.2, 0) is 10.2 Å². The van der Waals surface area contributed by atoms with Crippen molar-refractivity contribution in [2.45, 2.75) is 0 Å². The zero-order chi connectivity index (χ0) is 8.54. The summed E-state index contributed by atoms with van der Waals surface area (Å²) in [5, 5.41) is 11.2. The van der Waals surface area contributed by atoms with Crippen molar-refractivity contribution in [1.29, 1.82) is 5.26 Å². The van der Waals surface area contributed by atoms with Gasteiger partial charge in [0.25, 0.3) is 0 Å². The second kappa shape index (κ2) is 3.56. The first-order valence-electron chi connectivity index (χ1n) is 3.02. The summed E-state index contributed by atoms with van der Waals surface area (Å²) in [6.07, 6.45) is 0. The molecule has 0 aromatic carbocycles. The molecule has 4 nitrogen and oxygen atoms in total. The summed E-state index contributed by atoms with van der Waals surface area (Å²) in [7, 11) is -4.52. The first kappa shape index (κ1) is 11.6. The largest absolute Gasteiger partial charge is 0.313 e. The van der Waals surface area contributed by atoms with Gasteiger partial charge in [0, 0.05) is 13.1 Å². The SMILES string of the molecule is Cl.N#CC1(CS(=O)(=O)F)CNC1. The maximum Gasteiger partial charge on any atom is 0.304 e. The van der Waals surface area contributed by atoms with Crippen molar-refractivity contribution in [2.24, 2.45) is 5.41 Å². The molecule has 0 spiro atoms. The predicted molar refractivity (Wildman–Crippen MR) is 43.1 cm³/mol. The van der Waals surface area contributed by atoms with Gasteiger partial charge in [-0.05, 0) is 0 Å². The highest BCUT2D eigenvalue weighted by Crippen LogP contribution is 2.23. The predicted octanol–water partition coefficient (Wildman–Crippen LogP) is -0.179. The van der Waals surface area contributed by atoms with Gasteiger partial charge in [0.2, 0.25) is 0 Å². The molecule has 1 fully saturated rings. The number of hydrogen-bond acceptors (Lipinski definition) is 4. The Morgan fingerprint density at radius 3 is 2.17 bits per heavy atom. The topological polar surface area (TPSA) is 70.0 Å². The van der Waals surface area contributed by atoms with E-state index in [0.717, 1.165) is 0 Å². The molecular formula is C5H8ClFN2O2S. The van der Waals surface area contributed by atoms with Crippen molar-refractivity contribution >= 4 is 22.6 Å². The van der Waals surface area contributed by atoms with E-state index in [2.05, 4.69) is 5.32 Å². The molecule has 0 bridgehead atoms. The minimum atomic E-state index is -4.52. The monoisotopic (exact) mass is 214 g/mol. The first-order valence-corrected chi connectivity index (χ1v) is 4.57. The van der Waals surface area contributed by atoms with E-state index in [0.29, 0.717) is 0 Å². The zero-order valence-electron chi connectivity index (χ0n) is 6.08. The van der Waals surface area contributed by atoms with Crippen LogP contribution in [-0.4, -0.2) is 27.3 Å². The van der Waals surface area contributed by atoms with E-state index in [4.69, 9.17) is 5.26 Å². The van der Waals surface area contributed by atoms with Crippen LogP contribution in [0.15, 0.2) is 0 Å². The third-order valence-corrected chi connectivity index (χ3v) is 2.51. The molecule has 0 atom stereocenters. The van der Waals surface area contributed by atoms with Gasteiger partial charge in [0.15, 0.2) is 0 Å². The Hall–Kier alpha value is -0.380. The van der Waals surface area contributed by atoms with Crippen LogP contribution >= 0.6 is 12.4 Å². The number of halogens is 2. The number of nitrogens with one attached hydrogen (secondary N) is 1. The summed E-state index contributed by atoms with van der Waals surface area (Å²) in [5.74, 6) is -0.691. The molecule has 1 heterocycles. The third kappa shape index (κ3) is 2.59.